The molecule has 2 aromatic rings. The van der Waals surface area contributed by atoms with E-state index in [1.807, 2.05) is 0 Å². The van der Waals surface area contributed by atoms with Gasteiger partial charge in [-0.3, -0.25) is 0 Å². The van der Waals surface area contributed by atoms with Gasteiger partial charge in [0.15, 0.2) is 47.7 Å². The van der Waals surface area contributed by atoms with Crippen molar-refractivity contribution >= 4 is 11.9 Å². The van der Waals surface area contributed by atoms with E-state index in [2.05, 4.69) is 0 Å². The molecule has 2 aliphatic heterocycles. The molecule has 4 atom stereocenters. The molecule has 10 heteroatoms. The summed E-state index contributed by atoms with van der Waals surface area (Å²) in [5.74, 6) is -5.79. The SMILES string of the molecule is O=C1O[C@@H]2[C@@H](OC(=O)[C@@H]2OCc2ccc(F)c(F)c2)[C@H]1OCc1ccc(F)c(F)c1. The molecule has 2 aromatic carbocycles. The maximum Gasteiger partial charge on any atom is 0.339 e. The number of ether oxygens (including phenoxy) is 4. The highest BCUT2D eigenvalue weighted by Gasteiger charge is 2.59. The number of benzene rings is 2. The number of hydrogen-bond donors (Lipinski definition) is 0. The normalized spacial score (nSPS) is 25.2. The van der Waals surface area contributed by atoms with Crippen LogP contribution in [0.4, 0.5) is 17.6 Å². The zero-order chi connectivity index (χ0) is 21.4. The number of halogens is 4. The molecule has 0 saturated carbocycles. The molecule has 0 N–H and O–H groups in total. The van der Waals surface area contributed by atoms with E-state index in [0.29, 0.717) is 0 Å². The second-order valence-electron chi connectivity index (χ2n) is 6.76. The summed E-state index contributed by atoms with van der Waals surface area (Å²) in [6, 6.07) is 6.24. The molecule has 0 bridgehead atoms. The van der Waals surface area contributed by atoms with Gasteiger partial charge in [0, 0.05) is 0 Å². The summed E-state index contributed by atoms with van der Waals surface area (Å²) >= 11 is 0. The summed E-state index contributed by atoms with van der Waals surface area (Å²) in [4.78, 5) is 24.2. The van der Waals surface area contributed by atoms with Crippen molar-refractivity contribution < 1.29 is 46.1 Å². The summed E-state index contributed by atoms with van der Waals surface area (Å²) in [5.41, 5.74) is 0.529. The van der Waals surface area contributed by atoms with Crippen molar-refractivity contribution in [2.75, 3.05) is 0 Å². The van der Waals surface area contributed by atoms with E-state index in [4.69, 9.17) is 18.9 Å². The van der Waals surface area contributed by atoms with Gasteiger partial charge in [0.25, 0.3) is 0 Å². The predicted octanol–water partition coefficient (Wildman–Crippen LogP) is 2.56. The third-order valence-electron chi connectivity index (χ3n) is 4.72. The van der Waals surface area contributed by atoms with Crippen molar-refractivity contribution in [2.45, 2.75) is 37.6 Å². The molecule has 4 rings (SSSR count). The summed E-state index contributed by atoms with van der Waals surface area (Å²) in [5, 5.41) is 0. The van der Waals surface area contributed by atoms with Crippen molar-refractivity contribution in [2.24, 2.45) is 0 Å². The Labute approximate surface area is 167 Å². The summed E-state index contributed by atoms with van der Waals surface area (Å²) < 4.78 is 73.7. The lowest BCUT2D eigenvalue weighted by molar-refractivity contribution is -0.165. The van der Waals surface area contributed by atoms with Gasteiger partial charge < -0.3 is 18.9 Å². The fourth-order valence-corrected chi connectivity index (χ4v) is 3.23. The molecule has 0 unspecified atom stereocenters. The largest absolute Gasteiger partial charge is 0.453 e. The van der Waals surface area contributed by atoms with Crippen LogP contribution in [0, 0.1) is 23.3 Å². The van der Waals surface area contributed by atoms with E-state index in [1.165, 1.54) is 12.1 Å². The quantitative estimate of drug-likeness (QED) is 0.523. The maximum atomic E-state index is 13.3. The standard InChI is InChI=1S/C20H14F4O6/c21-11-3-1-9(5-13(11)23)7-27-17-15-16(30-19(17)25)18(20(26)29-15)28-8-10-2-4-12(22)14(24)6-10/h1-6,15-18H,7-8H2/t15-,16-,17-,18-/m1/s1. The zero-order valence-corrected chi connectivity index (χ0v) is 15.1. The third kappa shape index (κ3) is 3.88. The Morgan fingerprint density at radius 3 is 1.43 bits per heavy atom. The number of carbonyl (C=O) groups excluding carboxylic acids is 2. The van der Waals surface area contributed by atoms with Crippen molar-refractivity contribution in [3.05, 3.63) is 70.8 Å². The van der Waals surface area contributed by atoms with E-state index < -0.39 is 59.6 Å². The molecular weight excluding hydrogens is 412 g/mol. The van der Waals surface area contributed by atoms with Crippen LogP contribution in [0.15, 0.2) is 36.4 Å². The topological polar surface area (TPSA) is 71.1 Å². The number of hydrogen-bond acceptors (Lipinski definition) is 6. The Hall–Kier alpha value is -2.98. The average molecular weight is 426 g/mol. The first-order chi connectivity index (χ1) is 14.3. The van der Waals surface area contributed by atoms with Gasteiger partial charge in [-0.15, -0.1) is 0 Å². The van der Waals surface area contributed by atoms with Crippen LogP contribution in [0.1, 0.15) is 11.1 Å². The second kappa shape index (κ2) is 8.04. The van der Waals surface area contributed by atoms with E-state index >= 15 is 0 Å². The Balaban J connectivity index is 1.39. The summed E-state index contributed by atoms with van der Waals surface area (Å²) in [6.07, 6.45) is -4.73. The molecule has 2 saturated heterocycles. The zero-order valence-electron chi connectivity index (χ0n) is 15.1. The summed E-state index contributed by atoms with van der Waals surface area (Å²) in [7, 11) is 0. The highest BCUT2D eigenvalue weighted by Crippen LogP contribution is 2.33. The van der Waals surface area contributed by atoms with Crippen LogP contribution in [-0.2, 0) is 41.8 Å². The van der Waals surface area contributed by atoms with Gasteiger partial charge >= 0.3 is 11.9 Å². The molecule has 6 nitrogen and oxygen atoms in total. The maximum absolute atomic E-state index is 13.3. The first kappa shape index (κ1) is 20.3. The van der Waals surface area contributed by atoms with Crippen LogP contribution in [-0.4, -0.2) is 36.4 Å². The lowest BCUT2D eigenvalue weighted by Crippen LogP contribution is -2.34. The number of fused-ring (bicyclic) bond motifs is 1. The van der Waals surface area contributed by atoms with Crippen LogP contribution >= 0.6 is 0 Å². The minimum absolute atomic E-state index is 0.252. The molecule has 158 valence electrons. The van der Waals surface area contributed by atoms with E-state index in [0.717, 1.165) is 24.3 Å². The third-order valence-corrected chi connectivity index (χ3v) is 4.72. The summed E-state index contributed by atoms with van der Waals surface area (Å²) in [6.45, 7) is -0.504. The van der Waals surface area contributed by atoms with Gasteiger partial charge in [0.05, 0.1) is 13.2 Å². The lowest BCUT2D eigenvalue weighted by Gasteiger charge is -2.14. The number of carbonyl (C=O) groups is 2. The van der Waals surface area contributed by atoms with Crippen LogP contribution in [0.2, 0.25) is 0 Å². The van der Waals surface area contributed by atoms with Gasteiger partial charge in [0.2, 0.25) is 0 Å². The van der Waals surface area contributed by atoms with Crippen LogP contribution < -0.4 is 0 Å². The van der Waals surface area contributed by atoms with Crippen molar-refractivity contribution in [3.8, 4) is 0 Å². The van der Waals surface area contributed by atoms with Gasteiger partial charge in [0.1, 0.15) is 0 Å². The molecule has 0 amide bonds. The molecule has 0 radical (unpaired) electrons. The molecule has 30 heavy (non-hydrogen) atoms. The van der Waals surface area contributed by atoms with E-state index in [-0.39, 0.29) is 24.3 Å². The van der Waals surface area contributed by atoms with Gasteiger partial charge in [-0.2, -0.15) is 0 Å². The first-order valence-corrected chi connectivity index (χ1v) is 8.85. The monoisotopic (exact) mass is 426 g/mol. The Morgan fingerprint density at radius 2 is 1.07 bits per heavy atom. The van der Waals surface area contributed by atoms with E-state index in [9.17, 15) is 27.2 Å². The van der Waals surface area contributed by atoms with Crippen LogP contribution in [0.3, 0.4) is 0 Å². The van der Waals surface area contributed by atoms with Crippen molar-refractivity contribution in [1.82, 2.24) is 0 Å². The first-order valence-electron chi connectivity index (χ1n) is 8.85. The number of rotatable bonds is 6. The van der Waals surface area contributed by atoms with Gasteiger partial charge in [-0.05, 0) is 35.4 Å². The number of esters is 2. The Kier molecular flexibility index (Phi) is 5.44. The molecule has 0 spiro atoms. The van der Waals surface area contributed by atoms with Crippen molar-refractivity contribution in [3.63, 3.8) is 0 Å². The minimum Gasteiger partial charge on any atom is -0.453 e. The molecule has 0 aliphatic carbocycles. The molecule has 0 aromatic heterocycles. The van der Waals surface area contributed by atoms with Crippen LogP contribution in [0.25, 0.3) is 0 Å². The second-order valence-corrected chi connectivity index (χ2v) is 6.76. The smallest absolute Gasteiger partial charge is 0.339 e. The highest BCUT2D eigenvalue weighted by atomic mass is 19.2. The lowest BCUT2D eigenvalue weighted by atomic mass is 10.1. The van der Waals surface area contributed by atoms with Gasteiger partial charge in [-0.25, -0.2) is 27.2 Å². The fourth-order valence-electron chi connectivity index (χ4n) is 3.23. The fraction of sp³-hybridized carbons (Fsp3) is 0.300. The average Bonchev–Trinajstić information content (AvgIpc) is 3.17. The Morgan fingerprint density at radius 1 is 0.667 bits per heavy atom. The molecular formula is C20H14F4O6. The Bertz CT molecular complexity index is 918. The molecule has 2 heterocycles. The van der Waals surface area contributed by atoms with Gasteiger partial charge in [-0.1, -0.05) is 12.1 Å². The highest BCUT2D eigenvalue weighted by molar-refractivity contribution is 5.85. The minimum atomic E-state index is -1.27. The van der Waals surface area contributed by atoms with E-state index in [1.54, 1.807) is 0 Å². The van der Waals surface area contributed by atoms with Crippen LogP contribution in [0.5, 0.6) is 0 Å². The predicted molar refractivity (Wildman–Crippen MR) is 89.6 cm³/mol. The van der Waals surface area contributed by atoms with Crippen molar-refractivity contribution in [1.29, 1.82) is 0 Å². The molecule has 2 aliphatic rings. The molecule has 2 fully saturated rings.